The second-order valence-electron chi connectivity index (χ2n) is 6.79. The van der Waals surface area contributed by atoms with E-state index >= 15 is 0 Å². The van der Waals surface area contributed by atoms with E-state index in [9.17, 15) is 24.8 Å². The Morgan fingerprint density at radius 3 is 1.81 bits per heavy atom. The van der Waals surface area contributed by atoms with Crippen LogP contribution in [0.15, 0.2) is 84.4 Å². The molecule has 32 heavy (non-hydrogen) atoms. The molecular weight excluding hydrogens is 430 g/mol. The maximum absolute atomic E-state index is 13.4. The Bertz CT molecular complexity index is 1210. The van der Waals surface area contributed by atoms with Crippen LogP contribution in [0.3, 0.4) is 0 Å². The third kappa shape index (κ3) is 3.72. The number of hydrogen-bond acceptors (Lipinski definition) is 6. The van der Waals surface area contributed by atoms with Crippen LogP contribution in [0.5, 0.6) is 5.75 Å². The molecule has 0 aliphatic carbocycles. The van der Waals surface area contributed by atoms with Crippen molar-refractivity contribution in [3.8, 4) is 5.75 Å². The Morgan fingerprint density at radius 1 is 0.844 bits per heavy atom. The number of hydrogen-bond donors (Lipinski definition) is 1. The lowest BCUT2D eigenvalue weighted by atomic mass is 10.0. The minimum atomic E-state index is -0.704. The van der Waals surface area contributed by atoms with Gasteiger partial charge >= 0.3 is 0 Å². The fraction of sp³-hybridized carbons (Fsp3) is 0. The molecule has 1 saturated heterocycles. The highest BCUT2D eigenvalue weighted by atomic mass is 32.1. The predicted octanol–water partition coefficient (Wildman–Crippen LogP) is 4.05. The lowest BCUT2D eigenvalue weighted by Gasteiger charge is -2.36. The van der Waals surface area contributed by atoms with E-state index in [1.807, 2.05) is 0 Å². The van der Waals surface area contributed by atoms with E-state index in [-0.39, 0.29) is 27.7 Å². The highest BCUT2D eigenvalue weighted by Crippen LogP contribution is 2.32. The van der Waals surface area contributed by atoms with Crippen LogP contribution in [0.4, 0.5) is 17.1 Å². The second kappa shape index (κ2) is 8.40. The number of para-hydroxylation sites is 2. The summed E-state index contributed by atoms with van der Waals surface area (Å²) in [6, 6.07) is 20.5. The number of carbonyl (C=O) groups excluding carboxylic acids is 2. The molecule has 0 bridgehead atoms. The average Bonchev–Trinajstić information content (AvgIpc) is 2.79. The number of phenols is 1. The molecule has 0 spiro atoms. The number of nitrogens with zero attached hydrogens (tertiary/aromatic N) is 3. The number of anilines is 2. The van der Waals surface area contributed by atoms with E-state index in [4.69, 9.17) is 12.2 Å². The number of amides is 2. The highest BCUT2D eigenvalue weighted by molar-refractivity contribution is 7.81. The minimum absolute atomic E-state index is 0.0298. The third-order valence-electron chi connectivity index (χ3n) is 4.80. The summed E-state index contributed by atoms with van der Waals surface area (Å²) in [7, 11) is 0. The molecule has 0 radical (unpaired) electrons. The zero-order chi connectivity index (χ0) is 22.8. The summed E-state index contributed by atoms with van der Waals surface area (Å²) in [4.78, 5) is 39.7. The van der Waals surface area contributed by atoms with Gasteiger partial charge in [-0.1, -0.05) is 36.4 Å². The van der Waals surface area contributed by atoms with Gasteiger partial charge in [-0.3, -0.25) is 29.5 Å². The zero-order valence-electron chi connectivity index (χ0n) is 16.4. The first-order valence-corrected chi connectivity index (χ1v) is 9.81. The lowest BCUT2D eigenvalue weighted by molar-refractivity contribution is -0.384. The number of carbonyl (C=O) groups is 2. The Kier molecular flexibility index (Phi) is 5.48. The molecule has 9 heteroatoms. The van der Waals surface area contributed by atoms with E-state index in [1.54, 1.807) is 60.7 Å². The van der Waals surface area contributed by atoms with Crippen molar-refractivity contribution in [1.82, 2.24) is 0 Å². The average molecular weight is 445 g/mol. The minimum Gasteiger partial charge on any atom is -0.507 e. The van der Waals surface area contributed by atoms with Gasteiger partial charge in [-0.25, -0.2) is 0 Å². The summed E-state index contributed by atoms with van der Waals surface area (Å²) in [5.74, 6) is -1.72. The van der Waals surface area contributed by atoms with Crippen LogP contribution >= 0.6 is 12.2 Å². The molecule has 4 rings (SSSR count). The molecule has 158 valence electrons. The molecule has 0 atom stereocenters. The molecule has 1 heterocycles. The maximum Gasteiger partial charge on any atom is 0.270 e. The standard InChI is InChI=1S/C23H15N3O5S/c27-20-12-11-18(26(30)31)13-15(20)14-19-21(28)24(16-7-3-1-4-8-16)23(32)25(22(19)29)17-9-5-2-6-10-17/h1-14,27H. The summed E-state index contributed by atoms with van der Waals surface area (Å²) in [5, 5.41) is 21.3. The largest absolute Gasteiger partial charge is 0.507 e. The first-order chi connectivity index (χ1) is 15.4. The molecule has 1 fully saturated rings. The van der Waals surface area contributed by atoms with Crippen molar-refractivity contribution in [2.75, 3.05) is 9.80 Å². The van der Waals surface area contributed by atoms with Crippen LogP contribution in [-0.2, 0) is 9.59 Å². The van der Waals surface area contributed by atoms with Crippen LogP contribution < -0.4 is 9.80 Å². The molecule has 0 aromatic heterocycles. The van der Waals surface area contributed by atoms with E-state index < -0.39 is 16.7 Å². The van der Waals surface area contributed by atoms with E-state index in [0.717, 1.165) is 24.3 Å². The van der Waals surface area contributed by atoms with Gasteiger partial charge < -0.3 is 5.11 Å². The van der Waals surface area contributed by atoms with Crippen LogP contribution in [-0.4, -0.2) is 27.0 Å². The van der Waals surface area contributed by atoms with Crippen LogP contribution in [0.2, 0.25) is 0 Å². The number of benzene rings is 3. The number of thiocarbonyl (C=S) groups is 1. The van der Waals surface area contributed by atoms with Gasteiger partial charge in [0.1, 0.15) is 11.3 Å². The van der Waals surface area contributed by atoms with Crippen molar-refractivity contribution in [3.05, 3.63) is 100 Å². The SMILES string of the molecule is O=C1C(=Cc2cc([N+](=O)[O-])ccc2O)C(=O)N(c2ccccc2)C(=S)N1c1ccccc1. The van der Waals surface area contributed by atoms with Crippen molar-refractivity contribution in [2.24, 2.45) is 0 Å². The van der Waals surface area contributed by atoms with Crippen molar-refractivity contribution < 1.29 is 19.6 Å². The van der Waals surface area contributed by atoms with Gasteiger partial charge in [0.05, 0.1) is 16.3 Å². The van der Waals surface area contributed by atoms with E-state index in [2.05, 4.69) is 0 Å². The van der Waals surface area contributed by atoms with Gasteiger partial charge in [-0.2, -0.15) is 0 Å². The zero-order valence-corrected chi connectivity index (χ0v) is 17.2. The quantitative estimate of drug-likeness (QED) is 0.214. The predicted molar refractivity (Wildman–Crippen MR) is 123 cm³/mol. The molecule has 3 aromatic rings. The third-order valence-corrected chi connectivity index (χ3v) is 5.17. The molecule has 3 aromatic carbocycles. The summed E-state index contributed by atoms with van der Waals surface area (Å²) in [5.41, 5.74) is 0.266. The fourth-order valence-corrected chi connectivity index (χ4v) is 3.64. The molecule has 0 unspecified atom stereocenters. The highest BCUT2D eigenvalue weighted by Gasteiger charge is 2.41. The number of aromatic hydroxyl groups is 1. The Balaban J connectivity index is 1.90. The maximum atomic E-state index is 13.4. The normalized spacial score (nSPS) is 14.0. The van der Waals surface area contributed by atoms with E-state index in [0.29, 0.717) is 11.4 Å². The van der Waals surface area contributed by atoms with Crippen molar-refractivity contribution in [2.45, 2.75) is 0 Å². The molecular formula is C23H15N3O5S. The number of phenolic OH excluding ortho intramolecular Hbond substituents is 1. The van der Waals surface area contributed by atoms with Gasteiger partial charge in [0.15, 0.2) is 5.11 Å². The summed E-state index contributed by atoms with van der Waals surface area (Å²) >= 11 is 5.51. The number of nitro benzene ring substituents is 1. The molecule has 1 N–H and O–H groups in total. The van der Waals surface area contributed by atoms with Gasteiger partial charge in [0.25, 0.3) is 17.5 Å². The summed E-state index contributed by atoms with van der Waals surface area (Å²) in [6.45, 7) is 0. The van der Waals surface area contributed by atoms with Gasteiger partial charge in [0.2, 0.25) is 0 Å². The van der Waals surface area contributed by atoms with Gasteiger partial charge in [-0.05, 0) is 48.6 Å². The number of nitro groups is 1. The van der Waals surface area contributed by atoms with Crippen molar-refractivity contribution >= 4 is 52.3 Å². The van der Waals surface area contributed by atoms with E-state index in [1.165, 1.54) is 9.80 Å². The Morgan fingerprint density at radius 2 is 1.34 bits per heavy atom. The number of non-ortho nitro benzene ring substituents is 1. The summed E-state index contributed by atoms with van der Waals surface area (Å²) < 4.78 is 0. The lowest BCUT2D eigenvalue weighted by Crippen LogP contribution is -2.56. The molecule has 2 amide bonds. The number of rotatable bonds is 4. The smallest absolute Gasteiger partial charge is 0.270 e. The molecule has 8 nitrogen and oxygen atoms in total. The molecule has 0 saturated carbocycles. The van der Waals surface area contributed by atoms with Crippen LogP contribution in [0.25, 0.3) is 6.08 Å². The summed E-state index contributed by atoms with van der Waals surface area (Å²) in [6.07, 6.45) is 1.14. The fourth-order valence-electron chi connectivity index (χ4n) is 3.27. The Labute approximate surface area is 187 Å². The molecule has 1 aliphatic heterocycles. The monoisotopic (exact) mass is 445 g/mol. The van der Waals surface area contributed by atoms with Crippen molar-refractivity contribution in [3.63, 3.8) is 0 Å². The first kappa shape index (κ1) is 20.9. The molecule has 1 aliphatic rings. The van der Waals surface area contributed by atoms with Crippen molar-refractivity contribution in [1.29, 1.82) is 0 Å². The van der Waals surface area contributed by atoms with Crippen LogP contribution in [0, 0.1) is 10.1 Å². The topological polar surface area (TPSA) is 104 Å². The first-order valence-electron chi connectivity index (χ1n) is 9.40. The van der Waals surface area contributed by atoms with Gasteiger partial charge in [-0.15, -0.1) is 0 Å². The Hall–Kier alpha value is -4.37. The van der Waals surface area contributed by atoms with Gasteiger partial charge in [0, 0.05) is 17.7 Å². The second-order valence-corrected chi connectivity index (χ2v) is 7.16. The van der Waals surface area contributed by atoms with Crippen LogP contribution in [0.1, 0.15) is 5.56 Å².